The van der Waals surface area contributed by atoms with Gasteiger partial charge in [0.15, 0.2) is 17.2 Å². The van der Waals surface area contributed by atoms with Crippen molar-refractivity contribution in [1.29, 1.82) is 0 Å². The van der Waals surface area contributed by atoms with E-state index in [-0.39, 0.29) is 41.8 Å². The van der Waals surface area contributed by atoms with Gasteiger partial charge in [-0.25, -0.2) is 0 Å². The normalized spacial score (nSPS) is 22.4. The number of fused-ring (bicyclic) bond motifs is 2. The van der Waals surface area contributed by atoms with Crippen LogP contribution in [0.15, 0.2) is 34.2 Å². The first-order valence-corrected chi connectivity index (χ1v) is 13.3. The van der Waals surface area contributed by atoms with Gasteiger partial charge in [-0.1, -0.05) is 5.16 Å². The van der Waals surface area contributed by atoms with Gasteiger partial charge in [0.2, 0.25) is 11.7 Å². The second-order valence-electron chi connectivity index (χ2n) is 11.1. The number of phenols is 1. The molecule has 0 saturated heterocycles. The topological polar surface area (TPSA) is 220 Å². The zero-order valence-corrected chi connectivity index (χ0v) is 23.7. The van der Waals surface area contributed by atoms with Crippen molar-refractivity contribution >= 4 is 29.1 Å². The molecule has 0 spiro atoms. The van der Waals surface area contributed by atoms with E-state index < -0.39 is 71.4 Å². The molecule has 2 aromatic rings. The largest absolute Gasteiger partial charge is 0.508 e. The van der Waals surface area contributed by atoms with Crippen molar-refractivity contribution in [3.63, 3.8) is 0 Å². The molecular formula is C28H35N5O9. The smallest absolute Gasteiger partial charge is 0.290 e. The molecule has 4 atom stereocenters. The number of phenolic OH excluding ortho intramolecular Hbond substituents is 1. The zero-order valence-electron chi connectivity index (χ0n) is 23.7. The number of benzene rings is 1. The minimum absolute atomic E-state index is 0.00238. The molecule has 7 N–H and O–H groups in total. The lowest BCUT2D eigenvalue weighted by molar-refractivity contribution is -0.151. The molecule has 0 aliphatic heterocycles. The fraction of sp³-hybridized carbons (Fsp3) is 0.464. The number of carbonyl (C=O) groups is 4. The van der Waals surface area contributed by atoms with Crippen LogP contribution in [0, 0.1) is 11.8 Å². The molecule has 14 heteroatoms. The first kappa shape index (κ1) is 30.7. The minimum Gasteiger partial charge on any atom is -0.508 e. The van der Waals surface area contributed by atoms with Crippen molar-refractivity contribution in [3.8, 4) is 5.75 Å². The SMILES string of the molecule is CN(C)c1cc(CNC(=O)c2ccno2)c(O)c2c1C[C@H]1C[C@@H](C(CO)N(C)C)[C@@](O)(C(=O)CC(N)=O)C(O)=C1C2=O. The quantitative estimate of drug-likeness (QED) is 0.197. The molecular weight excluding hydrogens is 550 g/mol. The van der Waals surface area contributed by atoms with Gasteiger partial charge in [-0.2, -0.15) is 0 Å². The predicted octanol–water partition coefficient (Wildman–Crippen LogP) is -0.339. The summed E-state index contributed by atoms with van der Waals surface area (Å²) in [5.74, 6) is -6.77. The van der Waals surface area contributed by atoms with Crippen LogP contribution in [0.5, 0.6) is 5.75 Å². The number of nitrogens with two attached hydrogens (primary N) is 1. The molecule has 0 bridgehead atoms. The van der Waals surface area contributed by atoms with E-state index in [4.69, 9.17) is 10.3 Å². The monoisotopic (exact) mass is 585 g/mol. The first-order valence-electron chi connectivity index (χ1n) is 13.3. The molecule has 42 heavy (non-hydrogen) atoms. The third kappa shape index (κ3) is 5.12. The summed E-state index contributed by atoms with van der Waals surface area (Å²) < 4.78 is 4.85. The van der Waals surface area contributed by atoms with Crippen LogP contribution in [-0.4, -0.2) is 100 Å². The Kier molecular flexibility index (Phi) is 8.43. The highest BCUT2D eigenvalue weighted by molar-refractivity contribution is 6.15. The predicted molar refractivity (Wildman–Crippen MR) is 148 cm³/mol. The Morgan fingerprint density at radius 1 is 1.24 bits per heavy atom. The lowest BCUT2D eigenvalue weighted by Gasteiger charge is -2.47. The number of primary amides is 1. The van der Waals surface area contributed by atoms with E-state index in [1.807, 2.05) is 0 Å². The molecule has 4 rings (SSSR count). The number of ketones is 2. The molecule has 0 radical (unpaired) electrons. The standard InChI is InChI=1S/C28H35N5O9/c1-32(2)17-9-14(11-30-27(40)19-5-6-31-42-19)24(37)23-15(17)7-13-8-16(18(12-34)33(3)4)28(41,20(35)10-21(29)36)26(39)22(13)25(23)38/h5-6,9,13,16,18,34,37,39,41H,7-8,10-12H2,1-4H3,(H2,29,36)(H,30,40)/t13-,16-,18?,28+/m0/s1. The third-order valence-electron chi connectivity index (χ3n) is 8.14. The summed E-state index contributed by atoms with van der Waals surface area (Å²) in [6.45, 7) is -0.679. The van der Waals surface area contributed by atoms with Gasteiger partial charge in [0.05, 0.1) is 24.8 Å². The number of aliphatic hydroxyl groups excluding tert-OH is 2. The average Bonchev–Trinajstić information content (AvgIpc) is 3.45. The lowest BCUT2D eigenvalue weighted by atomic mass is 9.61. The number of amides is 2. The van der Waals surface area contributed by atoms with E-state index in [2.05, 4.69) is 10.5 Å². The van der Waals surface area contributed by atoms with Gasteiger partial charge in [-0.15, -0.1) is 0 Å². The van der Waals surface area contributed by atoms with Crippen LogP contribution >= 0.6 is 0 Å². The van der Waals surface area contributed by atoms with E-state index in [0.717, 1.165) is 0 Å². The number of anilines is 1. The Hall–Kier alpha value is -4.27. The van der Waals surface area contributed by atoms with Gasteiger partial charge in [0.25, 0.3) is 5.91 Å². The Morgan fingerprint density at radius 2 is 1.93 bits per heavy atom. The van der Waals surface area contributed by atoms with E-state index in [1.165, 1.54) is 12.3 Å². The number of aromatic hydroxyl groups is 1. The maximum absolute atomic E-state index is 14.1. The Labute approximate surface area is 241 Å². The number of hydrogen-bond acceptors (Lipinski definition) is 12. The number of likely N-dealkylation sites (N-methyl/N-ethyl adjacent to an activating group) is 1. The van der Waals surface area contributed by atoms with Crippen LogP contribution in [-0.2, 0) is 22.6 Å². The van der Waals surface area contributed by atoms with E-state index >= 15 is 0 Å². The average molecular weight is 586 g/mol. The van der Waals surface area contributed by atoms with Gasteiger partial charge in [-0.05, 0) is 44.5 Å². The van der Waals surface area contributed by atoms with E-state index in [9.17, 15) is 39.6 Å². The number of nitrogens with one attached hydrogen (secondary N) is 1. The van der Waals surface area contributed by atoms with Gasteiger partial charge in [-0.3, -0.25) is 19.2 Å². The molecule has 1 unspecified atom stereocenters. The van der Waals surface area contributed by atoms with Crippen LogP contribution in [0.1, 0.15) is 44.9 Å². The molecule has 1 heterocycles. The molecule has 1 aromatic carbocycles. The number of allylic oxidation sites excluding steroid dienone is 1. The fourth-order valence-electron chi connectivity index (χ4n) is 6.08. The number of hydrogen-bond donors (Lipinski definition) is 6. The molecule has 226 valence electrons. The van der Waals surface area contributed by atoms with Crippen molar-refractivity contribution in [1.82, 2.24) is 15.4 Å². The Balaban J connectivity index is 1.85. The molecule has 2 aliphatic carbocycles. The van der Waals surface area contributed by atoms with Crippen molar-refractivity contribution in [2.45, 2.75) is 37.5 Å². The fourth-order valence-corrected chi connectivity index (χ4v) is 6.08. The second-order valence-corrected chi connectivity index (χ2v) is 11.1. The van der Waals surface area contributed by atoms with E-state index in [0.29, 0.717) is 11.3 Å². The zero-order chi connectivity index (χ0) is 31.1. The van der Waals surface area contributed by atoms with Crippen molar-refractivity contribution in [2.24, 2.45) is 17.6 Å². The van der Waals surface area contributed by atoms with Crippen LogP contribution < -0.4 is 16.0 Å². The van der Waals surface area contributed by atoms with Crippen molar-refractivity contribution in [3.05, 3.63) is 52.1 Å². The molecule has 2 aliphatic rings. The van der Waals surface area contributed by atoms with Gasteiger partial charge in [0, 0.05) is 55.5 Å². The van der Waals surface area contributed by atoms with Crippen LogP contribution in [0.25, 0.3) is 0 Å². The van der Waals surface area contributed by atoms with Crippen LogP contribution in [0.2, 0.25) is 0 Å². The van der Waals surface area contributed by atoms with Crippen molar-refractivity contribution < 1.29 is 44.1 Å². The highest BCUT2D eigenvalue weighted by Crippen LogP contribution is 2.51. The van der Waals surface area contributed by atoms with Gasteiger partial charge < -0.3 is 45.8 Å². The summed E-state index contributed by atoms with van der Waals surface area (Å²) in [4.78, 5) is 54.7. The molecule has 1 aromatic heterocycles. The van der Waals surface area contributed by atoms with Gasteiger partial charge >= 0.3 is 0 Å². The summed E-state index contributed by atoms with van der Waals surface area (Å²) >= 11 is 0. The third-order valence-corrected chi connectivity index (χ3v) is 8.14. The van der Waals surface area contributed by atoms with Crippen LogP contribution in [0.3, 0.4) is 0 Å². The van der Waals surface area contributed by atoms with Gasteiger partial charge in [0.1, 0.15) is 11.5 Å². The molecule has 14 nitrogen and oxygen atoms in total. The summed E-state index contributed by atoms with van der Waals surface area (Å²) in [7, 11) is 6.75. The summed E-state index contributed by atoms with van der Waals surface area (Å²) in [5, 5.41) is 50.8. The Morgan fingerprint density at radius 3 is 2.48 bits per heavy atom. The molecule has 2 amide bonds. The second kappa shape index (κ2) is 11.5. The number of Topliss-reactive ketones (excluding diaryl/α,β-unsaturated/α-hetero) is 2. The molecule has 0 saturated carbocycles. The maximum Gasteiger partial charge on any atom is 0.290 e. The number of carbonyl (C=O) groups excluding carboxylic acids is 4. The van der Waals surface area contributed by atoms with Crippen molar-refractivity contribution in [2.75, 3.05) is 39.7 Å². The number of rotatable bonds is 10. The number of nitrogens with zero attached hydrogens (tertiary/aromatic N) is 3. The number of aliphatic hydroxyl groups is 3. The maximum atomic E-state index is 14.1. The molecule has 0 fully saturated rings. The summed E-state index contributed by atoms with van der Waals surface area (Å²) in [6, 6.07) is 2.17. The highest BCUT2D eigenvalue weighted by atomic mass is 16.5. The first-order chi connectivity index (χ1) is 19.7. The highest BCUT2D eigenvalue weighted by Gasteiger charge is 2.58. The Bertz CT molecular complexity index is 1450. The van der Waals surface area contributed by atoms with E-state index in [1.54, 1.807) is 44.1 Å². The number of aromatic nitrogens is 1. The summed E-state index contributed by atoms with van der Waals surface area (Å²) in [6.07, 6.45) is 0.540. The minimum atomic E-state index is -2.70. The van der Waals surface area contributed by atoms with Crippen LogP contribution in [0.4, 0.5) is 5.69 Å². The summed E-state index contributed by atoms with van der Waals surface area (Å²) in [5.41, 5.74) is 3.37. The lowest BCUT2D eigenvalue weighted by Crippen LogP contribution is -2.60.